The van der Waals surface area contributed by atoms with Gasteiger partial charge in [0.15, 0.2) is 5.82 Å². The molecule has 1 aliphatic heterocycles. The summed E-state index contributed by atoms with van der Waals surface area (Å²) in [6.07, 6.45) is 1.53. The largest absolute Gasteiger partial charge is 0.384 e. The number of benzene rings is 1. The molecular formula is C15H18N4O3. The van der Waals surface area contributed by atoms with E-state index in [2.05, 4.69) is 15.5 Å². The van der Waals surface area contributed by atoms with Gasteiger partial charge in [0.25, 0.3) is 5.89 Å². The molecular weight excluding hydrogens is 284 g/mol. The first-order chi connectivity index (χ1) is 10.8. The minimum Gasteiger partial charge on any atom is -0.384 e. The predicted octanol–water partition coefficient (Wildman–Crippen LogP) is 1.85. The Bertz CT molecular complexity index is 656. The highest BCUT2D eigenvalue weighted by Crippen LogP contribution is 2.24. The van der Waals surface area contributed by atoms with Gasteiger partial charge in [-0.1, -0.05) is 11.2 Å². The molecule has 0 radical (unpaired) electrons. The van der Waals surface area contributed by atoms with Gasteiger partial charge in [-0.3, -0.25) is 4.90 Å². The van der Waals surface area contributed by atoms with Crippen LogP contribution in [0.4, 0.5) is 10.5 Å². The Kier molecular flexibility index (Phi) is 4.34. The van der Waals surface area contributed by atoms with Gasteiger partial charge in [-0.05, 0) is 24.6 Å². The Labute approximate surface area is 128 Å². The maximum absolute atomic E-state index is 11.9. The van der Waals surface area contributed by atoms with E-state index in [-0.39, 0.29) is 6.03 Å². The Balaban J connectivity index is 1.81. The van der Waals surface area contributed by atoms with Crippen molar-refractivity contribution in [1.29, 1.82) is 0 Å². The van der Waals surface area contributed by atoms with Gasteiger partial charge in [-0.25, -0.2) is 4.79 Å². The molecule has 0 atom stereocenters. The van der Waals surface area contributed by atoms with Crippen LogP contribution in [-0.4, -0.2) is 43.0 Å². The van der Waals surface area contributed by atoms with Crippen molar-refractivity contribution in [3.8, 4) is 11.5 Å². The maximum Gasteiger partial charge on any atom is 0.321 e. The van der Waals surface area contributed by atoms with Gasteiger partial charge in [0.1, 0.15) is 0 Å². The number of amides is 2. The zero-order valence-electron chi connectivity index (χ0n) is 12.4. The second kappa shape index (κ2) is 6.57. The van der Waals surface area contributed by atoms with Crippen LogP contribution in [0.3, 0.4) is 0 Å². The molecule has 0 saturated carbocycles. The molecule has 22 heavy (non-hydrogen) atoms. The van der Waals surface area contributed by atoms with Gasteiger partial charge < -0.3 is 14.6 Å². The molecule has 2 amide bonds. The molecule has 116 valence electrons. The monoisotopic (exact) mass is 302 g/mol. The second-order valence-electron chi connectivity index (χ2n) is 5.05. The van der Waals surface area contributed by atoms with Crippen molar-refractivity contribution >= 4 is 11.7 Å². The molecule has 0 aliphatic carbocycles. The molecule has 1 aliphatic rings. The number of urea groups is 1. The number of aromatic nitrogens is 2. The summed E-state index contributed by atoms with van der Waals surface area (Å²) < 4.78 is 10.3. The molecule has 2 aromatic rings. The molecule has 1 aromatic carbocycles. The minimum atomic E-state index is -0.0743. The SMILES string of the molecule is COCCc1noc(-c2cccc(N3CCCNC3=O)c2)n1. The van der Waals surface area contributed by atoms with Crippen LogP contribution in [0, 0.1) is 0 Å². The number of methoxy groups -OCH3 is 1. The topological polar surface area (TPSA) is 80.5 Å². The van der Waals surface area contributed by atoms with E-state index in [9.17, 15) is 4.79 Å². The highest BCUT2D eigenvalue weighted by molar-refractivity contribution is 5.93. The Morgan fingerprint density at radius 1 is 1.45 bits per heavy atom. The Morgan fingerprint density at radius 3 is 3.18 bits per heavy atom. The third kappa shape index (κ3) is 3.09. The standard InChI is InChI=1S/C15H18N4O3/c1-21-9-6-13-17-14(22-18-13)11-4-2-5-12(10-11)19-8-3-7-16-15(19)20/h2,4-5,10H,3,6-9H2,1H3,(H,16,20). The molecule has 0 bridgehead atoms. The van der Waals surface area contributed by atoms with Crippen LogP contribution in [0.25, 0.3) is 11.5 Å². The van der Waals surface area contributed by atoms with Gasteiger partial charge in [-0.2, -0.15) is 4.98 Å². The highest BCUT2D eigenvalue weighted by Gasteiger charge is 2.20. The normalized spacial score (nSPS) is 15.0. The van der Waals surface area contributed by atoms with E-state index in [1.165, 1.54) is 0 Å². The van der Waals surface area contributed by atoms with Crippen molar-refractivity contribution in [1.82, 2.24) is 15.5 Å². The number of hydrogen-bond donors (Lipinski definition) is 1. The molecule has 1 aromatic heterocycles. The molecule has 7 heteroatoms. The summed E-state index contributed by atoms with van der Waals surface area (Å²) in [5, 5.41) is 6.77. The van der Waals surface area contributed by atoms with Gasteiger partial charge in [-0.15, -0.1) is 0 Å². The van der Waals surface area contributed by atoms with E-state index in [0.29, 0.717) is 31.3 Å². The first-order valence-corrected chi connectivity index (χ1v) is 7.25. The summed E-state index contributed by atoms with van der Waals surface area (Å²) >= 11 is 0. The number of ether oxygens (including phenoxy) is 1. The van der Waals surface area contributed by atoms with Crippen LogP contribution < -0.4 is 10.2 Å². The van der Waals surface area contributed by atoms with E-state index in [4.69, 9.17) is 9.26 Å². The molecule has 0 spiro atoms. The molecule has 3 rings (SSSR count). The zero-order chi connectivity index (χ0) is 15.4. The summed E-state index contributed by atoms with van der Waals surface area (Å²) in [5.41, 5.74) is 1.62. The van der Waals surface area contributed by atoms with Crippen molar-refractivity contribution in [3.05, 3.63) is 30.1 Å². The fourth-order valence-electron chi connectivity index (χ4n) is 2.35. The van der Waals surface area contributed by atoms with E-state index >= 15 is 0 Å². The van der Waals surface area contributed by atoms with Crippen LogP contribution in [0.2, 0.25) is 0 Å². The van der Waals surface area contributed by atoms with Crippen molar-refractivity contribution in [2.24, 2.45) is 0 Å². The third-order valence-electron chi connectivity index (χ3n) is 3.48. The first kappa shape index (κ1) is 14.5. The molecule has 1 N–H and O–H groups in total. The molecule has 0 unspecified atom stereocenters. The molecule has 2 heterocycles. The summed E-state index contributed by atoms with van der Waals surface area (Å²) in [6, 6.07) is 7.48. The van der Waals surface area contributed by atoms with E-state index in [1.807, 2.05) is 24.3 Å². The van der Waals surface area contributed by atoms with Crippen molar-refractivity contribution in [2.75, 3.05) is 31.7 Å². The van der Waals surface area contributed by atoms with Gasteiger partial charge in [0.05, 0.1) is 6.61 Å². The molecule has 7 nitrogen and oxygen atoms in total. The minimum absolute atomic E-state index is 0.0743. The zero-order valence-corrected chi connectivity index (χ0v) is 12.4. The Morgan fingerprint density at radius 2 is 2.36 bits per heavy atom. The van der Waals surface area contributed by atoms with Crippen molar-refractivity contribution in [2.45, 2.75) is 12.8 Å². The number of carbonyl (C=O) groups is 1. The van der Waals surface area contributed by atoms with E-state index < -0.39 is 0 Å². The number of nitrogens with one attached hydrogen (secondary N) is 1. The highest BCUT2D eigenvalue weighted by atomic mass is 16.5. The van der Waals surface area contributed by atoms with Crippen molar-refractivity contribution in [3.63, 3.8) is 0 Å². The molecule has 1 saturated heterocycles. The quantitative estimate of drug-likeness (QED) is 0.911. The third-order valence-corrected chi connectivity index (χ3v) is 3.48. The summed E-state index contributed by atoms with van der Waals surface area (Å²) in [5.74, 6) is 1.06. The smallest absolute Gasteiger partial charge is 0.321 e. The number of nitrogens with zero attached hydrogens (tertiary/aromatic N) is 3. The number of anilines is 1. The van der Waals surface area contributed by atoms with Gasteiger partial charge in [0.2, 0.25) is 0 Å². The van der Waals surface area contributed by atoms with Crippen LogP contribution in [-0.2, 0) is 11.2 Å². The summed E-state index contributed by atoms with van der Waals surface area (Å²) in [6.45, 7) is 1.98. The lowest BCUT2D eigenvalue weighted by molar-refractivity contribution is 0.199. The van der Waals surface area contributed by atoms with Crippen LogP contribution in [0.5, 0.6) is 0 Å². The second-order valence-corrected chi connectivity index (χ2v) is 5.05. The fraction of sp³-hybridized carbons (Fsp3) is 0.400. The van der Waals surface area contributed by atoms with Gasteiger partial charge >= 0.3 is 6.03 Å². The van der Waals surface area contributed by atoms with E-state index in [1.54, 1.807) is 12.0 Å². The van der Waals surface area contributed by atoms with Crippen LogP contribution in [0.15, 0.2) is 28.8 Å². The van der Waals surface area contributed by atoms with E-state index in [0.717, 1.165) is 24.2 Å². The first-order valence-electron chi connectivity index (χ1n) is 7.25. The average molecular weight is 302 g/mol. The number of carbonyl (C=O) groups excluding carboxylic acids is 1. The van der Waals surface area contributed by atoms with Crippen LogP contribution >= 0.6 is 0 Å². The van der Waals surface area contributed by atoms with Gasteiger partial charge in [0, 0.05) is 37.9 Å². The summed E-state index contributed by atoms with van der Waals surface area (Å²) in [4.78, 5) is 18.0. The average Bonchev–Trinajstić information content (AvgIpc) is 3.02. The van der Waals surface area contributed by atoms with Crippen molar-refractivity contribution < 1.29 is 14.1 Å². The number of rotatable bonds is 5. The fourth-order valence-corrected chi connectivity index (χ4v) is 2.35. The molecule has 1 fully saturated rings. The lowest BCUT2D eigenvalue weighted by Crippen LogP contribution is -2.46. The van der Waals surface area contributed by atoms with Crippen LogP contribution in [0.1, 0.15) is 12.2 Å². The Hall–Kier alpha value is -2.41. The lowest BCUT2D eigenvalue weighted by Gasteiger charge is -2.27. The summed E-state index contributed by atoms with van der Waals surface area (Å²) in [7, 11) is 1.63. The maximum atomic E-state index is 11.9. The predicted molar refractivity (Wildman–Crippen MR) is 80.7 cm³/mol. The number of hydrogen-bond acceptors (Lipinski definition) is 5. The lowest BCUT2D eigenvalue weighted by atomic mass is 10.1.